The van der Waals surface area contributed by atoms with Crippen molar-refractivity contribution in [1.82, 2.24) is 25.2 Å². The van der Waals surface area contributed by atoms with Gasteiger partial charge in [-0.2, -0.15) is 4.98 Å². The first-order valence-electron chi connectivity index (χ1n) is 19.5. The normalized spacial score (nSPS) is 29.3. The van der Waals surface area contributed by atoms with Gasteiger partial charge >= 0.3 is 6.09 Å². The molecule has 1 unspecified atom stereocenters. The lowest BCUT2D eigenvalue weighted by Crippen LogP contribution is -2.59. The number of halogens is 1. The lowest BCUT2D eigenvalue weighted by molar-refractivity contribution is -0.142. The number of nitrogens with one attached hydrogen (secondary N) is 3. The molecule has 1 aromatic heterocycles. The molecule has 2 aliphatic heterocycles. The zero-order valence-corrected chi connectivity index (χ0v) is 34.7. The summed E-state index contributed by atoms with van der Waals surface area (Å²) in [5.74, 6) is -2.17. The number of carbonyl (C=O) groups is 4. The Balaban J connectivity index is 1.37. The van der Waals surface area contributed by atoms with Crippen molar-refractivity contribution in [2.24, 2.45) is 17.8 Å². The number of aromatic nitrogens is 1. The summed E-state index contributed by atoms with van der Waals surface area (Å²) in [5, 5.41) is 6.75. The van der Waals surface area contributed by atoms with E-state index in [1.807, 2.05) is 32.9 Å². The van der Waals surface area contributed by atoms with Crippen LogP contribution >= 0.6 is 11.6 Å². The van der Waals surface area contributed by atoms with Gasteiger partial charge in [-0.25, -0.2) is 13.2 Å². The fraction of sp³-hybridized carbons (Fsp3) is 0.625. The summed E-state index contributed by atoms with van der Waals surface area (Å²) in [5.41, 5.74) is -2.37. The maximum absolute atomic E-state index is 14.8. The van der Waals surface area contributed by atoms with Crippen molar-refractivity contribution in [2.45, 2.75) is 134 Å². The highest BCUT2D eigenvalue weighted by molar-refractivity contribution is 7.91. The lowest BCUT2D eigenvalue weighted by Gasteiger charge is -2.33. The summed E-state index contributed by atoms with van der Waals surface area (Å²) in [6, 6.07) is 4.80. The number of sulfonamides is 1. The second-order valence-electron chi connectivity index (χ2n) is 17.1. The number of fused-ring (bicyclic) bond motifs is 3. The number of hydrogen-bond donors (Lipinski definition) is 3. The van der Waals surface area contributed by atoms with Gasteiger partial charge < -0.3 is 29.7 Å². The fourth-order valence-electron chi connectivity index (χ4n) is 7.67. The molecule has 6 rings (SSSR count). The Morgan fingerprint density at radius 1 is 1.09 bits per heavy atom. The standard InChI is InChI=1S/C40H54ClN5O9S/c1-22(2)53-32-19-29-28(13-10-14-30(29)41)35(42-32)54-26-18-31-34(47)44-40(37(49)45-56(51,52)27-15-16-27)20-25(40)12-9-8-11-23(3)17-24(4)33(36(48)46(31)21-26)43-38(50)55-39(5,6)7/h9-10,12-14,19,22-27,31,33H,8,11,15-18,20-21H2,1-7H3,(H,43,50)(H,44,47)(H,45,49)/b12-9-/t23-,24-,25?,26-,31+,33+,40-/m1/s1. The molecule has 4 amide bonds. The van der Waals surface area contributed by atoms with Crippen molar-refractivity contribution < 1.29 is 41.8 Å². The summed E-state index contributed by atoms with van der Waals surface area (Å²) in [4.78, 5) is 62.4. The average molecular weight is 816 g/mol. The number of benzene rings is 1. The Morgan fingerprint density at radius 3 is 2.50 bits per heavy atom. The van der Waals surface area contributed by atoms with E-state index in [0.717, 1.165) is 6.42 Å². The number of carbonyl (C=O) groups excluding carboxylic acids is 4. The van der Waals surface area contributed by atoms with E-state index in [0.29, 0.717) is 41.5 Å². The third kappa shape index (κ3) is 9.53. The molecule has 1 saturated heterocycles. The maximum Gasteiger partial charge on any atom is 0.408 e. The minimum Gasteiger partial charge on any atom is -0.475 e. The predicted octanol–water partition coefficient (Wildman–Crippen LogP) is 5.41. The molecule has 2 saturated carbocycles. The van der Waals surface area contributed by atoms with Crippen LogP contribution in [0.5, 0.6) is 11.8 Å². The van der Waals surface area contributed by atoms with E-state index in [-0.39, 0.29) is 49.1 Å². The number of ether oxygens (including phenoxy) is 3. The number of rotatable bonds is 8. The van der Waals surface area contributed by atoms with Gasteiger partial charge in [0.1, 0.15) is 29.3 Å². The summed E-state index contributed by atoms with van der Waals surface area (Å²) < 4.78 is 46.1. The zero-order valence-electron chi connectivity index (χ0n) is 33.1. The van der Waals surface area contributed by atoms with Crippen LogP contribution < -0.4 is 24.8 Å². The Hall–Kier alpha value is -4.11. The van der Waals surface area contributed by atoms with E-state index in [1.165, 1.54) is 4.90 Å². The molecule has 4 aliphatic rings. The molecule has 0 spiro atoms. The van der Waals surface area contributed by atoms with Crippen LogP contribution in [-0.4, -0.2) is 89.3 Å². The second-order valence-corrected chi connectivity index (χ2v) is 19.5. The molecule has 16 heteroatoms. The molecule has 1 aromatic carbocycles. The molecule has 306 valence electrons. The number of pyridine rings is 1. The van der Waals surface area contributed by atoms with Gasteiger partial charge in [0, 0.05) is 34.2 Å². The molecule has 14 nitrogen and oxygen atoms in total. The Morgan fingerprint density at radius 2 is 1.82 bits per heavy atom. The molecular formula is C40H54ClN5O9S. The highest BCUT2D eigenvalue weighted by atomic mass is 35.5. The van der Waals surface area contributed by atoms with Crippen LogP contribution in [0.4, 0.5) is 4.79 Å². The van der Waals surface area contributed by atoms with Crippen LogP contribution in [0.2, 0.25) is 5.02 Å². The van der Waals surface area contributed by atoms with Crippen molar-refractivity contribution in [3.63, 3.8) is 0 Å². The molecule has 0 bridgehead atoms. The summed E-state index contributed by atoms with van der Waals surface area (Å²) in [6.07, 6.45) is 5.19. The van der Waals surface area contributed by atoms with E-state index in [2.05, 4.69) is 27.3 Å². The topological polar surface area (TPSA) is 182 Å². The van der Waals surface area contributed by atoms with Crippen molar-refractivity contribution in [3.8, 4) is 11.8 Å². The van der Waals surface area contributed by atoms with Crippen LogP contribution in [0.15, 0.2) is 36.4 Å². The third-order valence-electron chi connectivity index (χ3n) is 10.7. The van der Waals surface area contributed by atoms with Crippen molar-refractivity contribution in [2.75, 3.05) is 6.54 Å². The van der Waals surface area contributed by atoms with E-state index in [4.69, 9.17) is 25.8 Å². The molecule has 3 N–H and O–H groups in total. The van der Waals surface area contributed by atoms with Crippen LogP contribution in [0.1, 0.15) is 93.4 Å². The molecule has 7 atom stereocenters. The van der Waals surface area contributed by atoms with Crippen molar-refractivity contribution in [3.05, 3.63) is 41.4 Å². The number of hydrogen-bond acceptors (Lipinski definition) is 10. The maximum atomic E-state index is 14.8. The molecule has 2 aromatic rings. The summed E-state index contributed by atoms with van der Waals surface area (Å²) in [7, 11) is -3.92. The van der Waals surface area contributed by atoms with E-state index >= 15 is 0 Å². The number of nitrogens with zero attached hydrogens (tertiary/aromatic N) is 2. The van der Waals surface area contributed by atoms with Crippen molar-refractivity contribution >= 4 is 56.2 Å². The van der Waals surface area contributed by atoms with Crippen LogP contribution in [0.3, 0.4) is 0 Å². The Bertz CT molecular complexity index is 2000. The third-order valence-corrected chi connectivity index (χ3v) is 12.8. The predicted molar refractivity (Wildman–Crippen MR) is 211 cm³/mol. The van der Waals surface area contributed by atoms with E-state index in [9.17, 15) is 27.6 Å². The van der Waals surface area contributed by atoms with Gasteiger partial charge in [-0.05, 0) is 97.1 Å². The van der Waals surface area contributed by atoms with Crippen LogP contribution in [-0.2, 0) is 29.1 Å². The monoisotopic (exact) mass is 815 g/mol. The average Bonchev–Trinajstić information content (AvgIpc) is 4.01. The highest BCUT2D eigenvalue weighted by Gasteiger charge is 2.62. The van der Waals surface area contributed by atoms with Crippen LogP contribution in [0.25, 0.3) is 10.8 Å². The first-order chi connectivity index (χ1) is 26.3. The molecule has 0 radical (unpaired) electrons. The summed E-state index contributed by atoms with van der Waals surface area (Å²) in [6.45, 7) is 12.8. The number of amides is 4. The van der Waals surface area contributed by atoms with Crippen molar-refractivity contribution in [1.29, 1.82) is 0 Å². The Kier molecular flexibility index (Phi) is 11.9. The fourth-order valence-corrected chi connectivity index (χ4v) is 9.26. The summed E-state index contributed by atoms with van der Waals surface area (Å²) >= 11 is 6.59. The van der Waals surface area contributed by atoms with E-state index in [1.54, 1.807) is 45.0 Å². The second kappa shape index (κ2) is 16.0. The SMILES string of the molecule is CC(C)Oc1cc2c(Cl)cccc2c(O[C@@H]2C[C@H]3C(=O)N[C@]4(C(=O)NS(=O)(=O)C5CC5)CC4/C=C\CC[C@@H](C)C[C@@H](C)[C@H](NC(=O)OC(C)(C)C)C(=O)N3C2)n1. The van der Waals surface area contributed by atoms with Gasteiger partial charge in [-0.3, -0.25) is 19.1 Å². The molecule has 3 fully saturated rings. The molecule has 56 heavy (non-hydrogen) atoms. The highest BCUT2D eigenvalue weighted by Crippen LogP contribution is 2.46. The first kappa shape index (κ1) is 41.5. The van der Waals surface area contributed by atoms with Gasteiger partial charge in [-0.1, -0.05) is 43.7 Å². The van der Waals surface area contributed by atoms with Gasteiger partial charge in [0.05, 0.1) is 17.9 Å². The van der Waals surface area contributed by atoms with Gasteiger partial charge in [0.15, 0.2) is 0 Å². The van der Waals surface area contributed by atoms with Gasteiger partial charge in [-0.15, -0.1) is 0 Å². The number of alkyl carbamates (subject to hydrolysis) is 1. The molecular weight excluding hydrogens is 762 g/mol. The quantitative estimate of drug-likeness (QED) is 0.292. The largest absolute Gasteiger partial charge is 0.475 e. The number of allylic oxidation sites excluding steroid dienone is 1. The lowest BCUT2D eigenvalue weighted by atomic mass is 9.88. The zero-order chi connectivity index (χ0) is 40.7. The molecule has 2 aliphatic carbocycles. The van der Waals surface area contributed by atoms with E-state index < -0.39 is 74.3 Å². The molecule has 3 heterocycles. The van der Waals surface area contributed by atoms with Crippen LogP contribution in [0, 0.1) is 17.8 Å². The minimum absolute atomic E-state index is 0.000896. The minimum atomic E-state index is -3.92. The first-order valence-corrected chi connectivity index (χ1v) is 21.5. The Labute approximate surface area is 333 Å². The van der Waals surface area contributed by atoms with Gasteiger partial charge in [0.25, 0.3) is 5.91 Å². The van der Waals surface area contributed by atoms with Gasteiger partial charge in [0.2, 0.25) is 33.6 Å². The smallest absolute Gasteiger partial charge is 0.408 e.